The summed E-state index contributed by atoms with van der Waals surface area (Å²) in [5.74, 6) is 1.18. The third-order valence-corrected chi connectivity index (χ3v) is 3.02. The molecule has 0 aliphatic rings. The van der Waals surface area contributed by atoms with Crippen LogP contribution in [0.3, 0.4) is 0 Å². The Morgan fingerprint density at radius 2 is 2.10 bits per heavy atom. The second-order valence-corrected chi connectivity index (χ2v) is 4.74. The Bertz CT molecular complexity index is 637. The minimum atomic E-state index is -0.146. The lowest BCUT2D eigenvalue weighted by molar-refractivity contribution is 0.342. The van der Waals surface area contributed by atoms with Crippen LogP contribution < -0.4 is 15.6 Å². The monoisotopic (exact) mass is 287 g/mol. The number of benzene rings is 1. The maximum Gasteiger partial charge on any atom is 0.252 e. The van der Waals surface area contributed by atoms with Gasteiger partial charge < -0.3 is 10.1 Å². The zero-order chi connectivity index (χ0) is 15.1. The van der Waals surface area contributed by atoms with E-state index in [1.54, 1.807) is 6.07 Å². The lowest BCUT2D eigenvalue weighted by atomic mass is 10.2. The van der Waals surface area contributed by atoms with Crippen LogP contribution in [-0.4, -0.2) is 16.6 Å². The second kappa shape index (κ2) is 7.47. The number of unbranched alkanes of at least 4 members (excludes halogenated alkanes) is 1. The number of nitrogens with zero attached hydrogens (tertiary/aromatic N) is 1. The van der Waals surface area contributed by atoms with E-state index in [2.05, 4.69) is 22.2 Å². The van der Waals surface area contributed by atoms with Crippen molar-refractivity contribution >= 4 is 11.6 Å². The average molecular weight is 287 g/mol. The van der Waals surface area contributed by atoms with Crippen molar-refractivity contribution in [1.82, 2.24) is 9.97 Å². The molecule has 2 N–H and O–H groups in total. The summed E-state index contributed by atoms with van der Waals surface area (Å²) in [6, 6.07) is 9.14. The van der Waals surface area contributed by atoms with E-state index in [9.17, 15) is 4.79 Å². The number of anilines is 2. The van der Waals surface area contributed by atoms with Gasteiger partial charge in [0, 0.05) is 11.8 Å². The number of rotatable bonds is 7. The number of para-hydroxylation sites is 2. The molecule has 0 aliphatic carbocycles. The Kier molecular flexibility index (Phi) is 5.37. The van der Waals surface area contributed by atoms with Crippen LogP contribution in [0.2, 0.25) is 0 Å². The van der Waals surface area contributed by atoms with E-state index in [0.29, 0.717) is 12.6 Å². The minimum absolute atomic E-state index is 0.146. The molecule has 0 unspecified atom stereocenters. The van der Waals surface area contributed by atoms with Crippen molar-refractivity contribution in [3.8, 4) is 5.75 Å². The largest absolute Gasteiger partial charge is 0.492 e. The summed E-state index contributed by atoms with van der Waals surface area (Å²) < 4.78 is 5.55. The van der Waals surface area contributed by atoms with Gasteiger partial charge in [0.2, 0.25) is 5.95 Å². The van der Waals surface area contributed by atoms with Gasteiger partial charge >= 0.3 is 0 Å². The molecule has 0 spiro atoms. The third kappa shape index (κ3) is 4.34. The van der Waals surface area contributed by atoms with E-state index in [1.165, 1.54) is 0 Å². The molecule has 0 bridgehead atoms. The van der Waals surface area contributed by atoms with Gasteiger partial charge in [-0.15, -0.1) is 0 Å². The van der Waals surface area contributed by atoms with Crippen molar-refractivity contribution in [2.75, 3.05) is 11.9 Å². The highest BCUT2D eigenvalue weighted by Gasteiger charge is 2.06. The molecule has 112 valence electrons. The van der Waals surface area contributed by atoms with E-state index in [4.69, 9.17) is 4.74 Å². The standard InChI is InChI=1S/C16H21N3O2/c1-3-5-8-12-11-15(20)19-16(17-12)18-13-9-6-7-10-14(13)21-4-2/h6-7,9-11H,3-5,8H2,1-2H3,(H2,17,18,19,20). The van der Waals surface area contributed by atoms with E-state index >= 15 is 0 Å². The number of hydrogen-bond acceptors (Lipinski definition) is 4. The number of H-pyrrole nitrogens is 1. The molecule has 21 heavy (non-hydrogen) atoms. The molecule has 0 radical (unpaired) electrons. The molecule has 1 aromatic heterocycles. The second-order valence-electron chi connectivity index (χ2n) is 4.74. The summed E-state index contributed by atoms with van der Waals surface area (Å²) in [7, 11) is 0. The molecule has 5 nitrogen and oxygen atoms in total. The molecule has 0 fully saturated rings. The number of ether oxygens (including phenoxy) is 1. The van der Waals surface area contributed by atoms with Crippen molar-refractivity contribution in [1.29, 1.82) is 0 Å². The number of hydrogen-bond donors (Lipinski definition) is 2. The molecule has 0 saturated carbocycles. The van der Waals surface area contributed by atoms with Gasteiger partial charge in [0.1, 0.15) is 5.75 Å². The topological polar surface area (TPSA) is 67.0 Å². The summed E-state index contributed by atoms with van der Waals surface area (Å²) >= 11 is 0. The molecule has 2 rings (SSSR count). The number of nitrogens with one attached hydrogen (secondary N) is 2. The van der Waals surface area contributed by atoms with Crippen LogP contribution in [0, 0.1) is 0 Å². The van der Waals surface area contributed by atoms with E-state index in [-0.39, 0.29) is 5.56 Å². The van der Waals surface area contributed by atoms with E-state index in [1.807, 2.05) is 31.2 Å². The van der Waals surface area contributed by atoms with Gasteiger partial charge in [-0.3, -0.25) is 9.78 Å². The summed E-state index contributed by atoms with van der Waals surface area (Å²) in [4.78, 5) is 18.9. The number of aryl methyl sites for hydroxylation is 1. The Balaban J connectivity index is 2.23. The first kappa shape index (κ1) is 15.1. The predicted octanol–water partition coefficient (Wildman–Crippen LogP) is 3.25. The highest BCUT2D eigenvalue weighted by molar-refractivity contribution is 5.62. The Labute approximate surface area is 124 Å². The number of aromatic nitrogens is 2. The van der Waals surface area contributed by atoms with Crippen LogP contribution in [0.1, 0.15) is 32.4 Å². The van der Waals surface area contributed by atoms with Crippen molar-refractivity contribution in [3.05, 3.63) is 46.4 Å². The first-order valence-corrected chi connectivity index (χ1v) is 7.32. The van der Waals surface area contributed by atoms with Crippen molar-refractivity contribution in [3.63, 3.8) is 0 Å². The summed E-state index contributed by atoms with van der Waals surface area (Å²) in [6.07, 6.45) is 2.90. The average Bonchev–Trinajstić information content (AvgIpc) is 2.47. The molecular formula is C16H21N3O2. The third-order valence-electron chi connectivity index (χ3n) is 3.02. The molecule has 0 amide bonds. The summed E-state index contributed by atoms with van der Waals surface area (Å²) in [5.41, 5.74) is 1.44. The summed E-state index contributed by atoms with van der Waals surface area (Å²) in [6.45, 7) is 4.63. The van der Waals surface area contributed by atoms with Crippen LogP contribution >= 0.6 is 0 Å². The molecular weight excluding hydrogens is 266 g/mol. The van der Waals surface area contributed by atoms with Gasteiger partial charge in [-0.05, 0) is 31.9 Å². The predicted molar refractivity (Wildman–Crippen MR) is 84.4 cm³/mol. The van der Waals surface area contributed by atoms with E-state index < -0.39 is 0 Å². The zero-order valence-corrected chi connectivity index (χ0v) is 12.5. The Morgan fingerprint density at radius 1 is 1.29 bits per heavy atom. The molecule has 0 atom stereocenters. The highest BCUT2D eigenvalue weighted by atomic mass is 16.5. The first-order chi connectivity index (χ1) is 10.2. The van der Waals surface area contributed by atoms with Crippen LogP contribution in [0.25, 0.3) is 0 Å². The molecule has 5 heteroatoms. The molecule has 2 aromatic rings. The van der Waals surface area contributed by atoms with Gasteiger partial charge in [-0.25, -0.2) is 4.98 Å². The lowest BCUT2D eigenvalue weighted by Gasteiger charge is -2.11. The normalized spacial score (nSPS) is 10.4. The zero-order valence-electron chi connectivity index (χ0n) is 12.5. The number of aromatic amines is 1. The fraction of sp³-hybridized carbons (Fsp3) is 0.375. The van der Waals surface area contributed by atoms with Crippen molar-refractivity contribution < 1.29 is 4.74 Å². The van der Waals surface area contributed by atoms with Gasteiger partial charge in [0.25, 0.3) is 5.56 Å². The van der Waals surface area contributed by atoms with Crippen LogP contribution in [0.4, 0.5) is 11.6 Å². The van der Waals surface area contributed by atoms with Crippen molar-refractivity contribution in [2.45, 2.75) is 33.1 Å². The van der Waals surface area contributed by atoms with Gasteiger partial charge in [0.15, 0.2) is 0 Å². The lowest BCUT2D eigenvalue weighted by Crippen LogP contribution is -2.12. The minimum Gasteiger partial charge on any atom is -0.492 e. The van der Waals surface area contributed by atoms with Gasteiger partial charge in [-0.2, -0.15) is 0 Å². The SMILES string of the molecule is CCCCc1cc(=O)[nH]c(Nc2ccccc2OCC)n1. The molecule has 0 aliphatic heterocycles. The van der Waals surface area contributed by atoms with Gasteiger partial charge in [-0.1, -0.05) is 25.5 Å². The Morgan fingerprint density at radius 3 is 2.86 bits per heavy atom. The van der Waals surface area contributed by atoms with Crippen LogP contribution in [-0.2, 0) is 6.42 Å². The molecule has 1 heterocycles. The smallest absolute Gasteiger partial charge is 0.252 e. The highest BCUT2D eigenvalue weighted by Crippen LogP contribution is 2.25. The van der Waals surface area contributed by atoms with E-state index in [0.717, 1.165) is 36.4 Å². The quantitative estimate of drug-likeness (QED) is 0.820. The van der Waals surface area contributed by atoms with Gasteiger partial charge in [0.05, 0.1) is 12.3 Å². The maximum absolute atomic E-state index is 11.7. The maximum atomic E-state index is 11.7. The fourth-order valence-corrected chi connectivity index (χ4v) is 2.03. The fourth-order valence-electron chi connectivity index (χ4n) is 2.03. The first-order valence-electron chi connectivity index (χ1n) is 7.32. The molecule has 0 saturated heterocycles. The van der Waals surface area contributed by atoms with Crippen molar-refractivity contribution in [2.24, 2.45) is 0 Å². The van der Waals surface area contributed by atoms with Crippen LogP contribution in [0.5, 0.6) is 5.75 Å². The molecule has 1 aromatic carbocycles. The van der Waals surface area contributed by atoms with Crippen LogP contribution in [0.15, 0.2) is 35.1 Å². The Hall–Kier alpha value is -2.30. The summed E-state index contributed by atoms with van der Waals surface area (Å²) in [5, 5.41) is 3.12.